The molecule has 0 spiro atoms. The Bertz CT molecular complexity index is 758. The lowest BCUT2D eigenvalue weighted by Gasteiger charge is -2.03. The summed E-state index contributed by atoms with van der Waals surface area (Å²) in [4.78, 5) is 23.3. The van der Waals surface area contributed by atoms with E-state index >= 15 is 0 Å². The summed E-state index contributed by atoms with van der Waals surface area (Å²) in [6.45, 7) is 2.80. The highest BCUT2D eigenvalue weighted by atomic mass is 16.4. The van der Waals surface area contributed by atoms with Crippen LogP contribution in [0.2, 0.25) is 0 Å². The van der Waals surface area contributed by atoms with Gasteiger partial charge in [-0.25, -0.2) is 0 Å². The van der Waals surface area contributed by atoms with Gasteiger partial charge < -0.3 is 9.67 Å². The van der Waals surface area contributed by atoms with Crippen LogP contribution in [0.3, 0.4) is 0 Å². The van der Waals surface area contributed by atoms with E-state index in [1.807, 2.05) is 41.1 Å². The van der Waals surface area contributed by atoms with Crippen molar-refractivity contribution in [2.24, 2.45) is 0 Å². The Morgan fingerprint density at radius 2 is 1.85 bits per heavy atom. The van der Waals surface area contributed by atoms with E-state index in [2.05, 4.69) is 6.92 Å². The zero-order valence-corrected chi connectivity index (χ0v) is 15.6. The lowest BCUT2D eigenvalue weighted by molar-refractivity contribution is -0.137. The van der Waals surface area contributed by atoms with E-state index < -0.39 is 5.97 Å². The van der Waals surface area contributed by atoms with Gasteiger partial charge in [0.2, 0.25) is 0 Å². The largest absolute Gasteiger partial charge is 0.481 e. The third-order valence-electron chi connectivity index (χ3n) is 4.59. The van der Waals surface area contributed by atoms with Gasteiger partial charge in [-0.2, -0.15) is 0 Å². The van der Waals surface area contributed by atoms with Gasteiger partial charge >= 0.3 is 5.97 Å². The van der Waals surface area contributed by atoms with Crippen molar-refractivity contribution in [2.75, 3.05) is 0 Å². The molecule has 1 heterocycles. The fourth-order valence-electron chi connectivity index (χ4n) is 3.17. The molecular weight excluding hydrogens is 326 g/mol. The minimum atomic E-state index is -0.792. The van der Waals surface area contributed by atoms with E-state index in [9.17, 15) is 9.59 Å². The number of para-hydroxylation sites is 1. The number of aliphatic carboxylic acids is 1. The summed E-state index contributed by atoms with van der Waals surface area (Å²) in [6, 6.07) is 7.80. The number of aryl methyl sites for hydroxylation is 1. The second-order valence-corrected chi connectivity index (χ2v) is 6.72. The molecular formula is C22H29NO3. The number of allylic oxidation sites excluding steroid dienone is 2. The van der Waals surface area contributed by atoms with Crippen molar-refractivity contribution in [3.8, 4) is 0 Å². The van der Waals surface area contributed by atoms with Crippen LogP contribution in [0.5, 0.6) is 0 Å². The van der Waals surface area contributed by atoms with Crippen LogP contribution >= 0.6 is 0 Å². The number of carbonyl (C=O) groups is 2. The van der Waals surface area contributed by atoms with E-state index in [4.69, 9.17) is 5.11 Å². The molecule has 4 nitrogen and oxygen atoms in total. The summed E-state index contributed by atoms with van der Waals surface area (Å²) in [5.41, 5.74) is 1.67. The normalized spacial score (nSPS) is 11.4. The molecule has 0 saturated heterocycles. The highest BCUT2D eigenvalue weighted by Gasteiger charge is 2.12. The lowest BCUT2D eigenvalue weighted by atomic mass is 10.1. The third-order valence-corrected chi connectivity index (χ3v) is 4.59. The zero-order chi connectivity index (χ0) is 18.8. The maximum Gasteiger partial charge on any atom is 0.303 e. The molecule has 2 rings (SSSR count). The van der Waals surface area contributed by atoms with Crippen molar-refractivity contribution in [1.82, 2.24) is 4.57 Å². The molecule has 0 bridgehead atoms. The van der Waals surface area contributed by atoms with E-state index in [1.54, 1.807) is 6.08 Å². The number of aromatic nitrogens is 1. The van der Waals surface area contributed by atoms with Crippen molar-refractivity contribution in [3.05, 3.63) is 48.2 Å². The van der Waals surface area contributed by atoms with Gasteiger partial charge in [0.15, 0.2) is 5.78 Å². The number of hydrogen-bond donors (Lipinski definition) is 1. The number of unbranched alkanes of at least 4 members (excludes halogenated alkanes) is 5. The van der Waals surface area contributed by atoms with Gasteiger partial charge in [-0.05, 0) is 31.4 Å². The molecule has 0 aliphatic rings. The molecule has 0 aliphatic carbocycles. The Morgan fingerprint density at radius 3 is 2.62 bits per heavy atom. The number of hydrogen-bond acceptors (Lipinski definition) is 2. The standard InChI is InChI=1S/C22H29NO3/c1-2-3-4-5-6-7-8-14-21(24)19-17-23(16-11-15-22(25)26)20-13-10-9-12-18(19)20/h8-10,12-14,17H,2-7,11,15-16H2,1H3,(H,25,26)/b14-8+. The van der Waals surface area contributed by atoms with Crippen molar-refractivity contribution in [1.29, 1.82) is 0 Å². The number of benzene rings is 1. The maximum atomic E-state index is 12.6. The average molecular weight is 355 g/mol. The Balaban J connectivity index is 2.01. The Kier molecular flexibility index (Phi) is 8.13. The Morgan fingerprint density at radius 1 is 1.08 bits per heavy atom. The fourth-order valence-corrected chi connectivity index (χ4v) is 3.17. The highest BCUT2D eigenvalue weighted by molar-refractivity contribution is 6.13. The monoisotopic (exact) mass is 355 g/mol. The molecule has 0 aliphatic heterocycles. The van der Waals surface area contributed by atoms with Crippen LogP contribution in [0.1, 0.15) is 68.6 Å². The molecule has 2 aromatic rings. The second-order valence-electron chi connectivity index (χ2n) is 6.72. The second kappa shape index (κ2) is 10.6. The molecule has 0 radical (unpaired) electrons. The van der Waals surface area contributed by atoms with E-state index in [0.29, 0.717) is 18.5 Å². The van der Waals surface area contributed by atoms with Crippen LogP contribution in [0.15, 0.2) is 42.6 Å². The molecule has 1 aromatic carbocycles. The van der Waals surface area contributed by atoms with Gasteiger partial charge in [0, 0.05) is 35.6 Å². The third kappa shape index (κ3) is 5.87. The summed E-state index contributed by atoms with van der Waals surface area (Å²) >= 11 is 0. The molecule has 0 atom stereocenters. The smallest absolute Gasteiger partial charge is 0.303 e. The summed E-state index contributed by atoms with van der Waals surface area (Å²) in [6.07, 6.45) is 13.3. The predicted octanol–water partition coefficient (Wildman–Crippen LogP) is 5.61. The lowest BCUT2D eigenvalue weighted by Crippen LogP contribution is -2.01. The first-order valence-electron chi connectivity index (χ1n) is 9.64. The molecule has 0 unspecified atom stereocenters. The number of fused-ring (bicyclic) bond motifs is 1. The summed E-state index contributed by atoms with van der Waals surface area (Å²) < 4.78 is 1.99. The topological polar surface area (TPSA) is 59.3 Å². The fraction of sp³-hybridized carbons (Fsp3) is 0.455. The van der Waals surface area contributed by atoms with Crippen molar-refractivity contribution < 1.29 is 14.7 Å². The van der Waals surface area contributed by atoms with Gasteiger partial charge in [-0.1, -0.05) is 56.9 Å². The quantitative estimate of drug-likeness (QED) is 0.306. The molecule has 0 saturated carbocycles. The molecule has 1 aromatic heterocycles. The average Bonchev–Trinajstić information content (AvgIpc) is 2.99. The molecule has 26 heavy (non-hydrogen) atoms. The van der Waals surface area contributed by atoms with Crippen LogP contribution in [-0.4, -0.2) is 21.4 Å². The van der Waals surface area contributed by atoms with Crippen molar-refractivity contribution in [2.45, 2.75) is 64.8 Å². The van der Waals surface area contributed by atoms with Crippen LogP contribution in [0, 0.1) is 0 Å². The first-order chi connectivity index (χ1) is 12.6. The first-order valence-corrected chi connectivity index (χ1v) is 9.64. The molecule has 1 N–H and O–H groups in total. The van der Waals surface area contributed by atoms with Crippen LogP contribution < -0.4 is 0 Å². The number of nitrogens with zero attached hydrogens (tertiary/aromatic N) is 1. The van der Waals surface area contributed by atoms with Gasteiger partial charge in [0.05, 0.1) is 0 Å². The van der Waals surface area contributed by atoms with Gasteiger partial charge in [-0.3, -0.25) is 9.59 Å². The van der Waals surface area contributed by atoms with E-state index in [0.717, 1.165) is 23.7 Å². The van der Waals surface area contributed by atoms with Gasteiger partial charge in [-0.15, -0.1) is 0 Å². The molecule has 0 fully saturated rings. The van der Waals surface area contributed by atoms with Crippen molar-refractivity contribution in [3.63, 3.8) is 0 Å². The molecule has 140 valence electrons. The highest BCUT2D eigenvalue weighted by Crippen LogP contribution is 2.23. The van der Waals surface area contributed by atoms with Crippen LogP contribution in [0.4, 0.5) is 0 Å². The molecule has 4 heteroatoms. The van der Waals surface area contributed by atoms with Crippen LogP contribution in [0.25, 0.3) is 10.9 Å². The van der Waals surface area contributed by atoms with Crippen molar-refractivity contribution >= 4 is 22.7 Å². The predicted molar refractivity (Wildman–Crippen MR) is 106 cm³/mol. The summed E-state index contributed by atoms with van der Waals surface area (Å²) in [5, 5.41) is 9.75. The van der Waals surface area contributed by atoms with E-state index in [-0.39, 0.29) is 12.2 Å². The Labute approximate surface area is 155 Å². The summed E-state index contributed by atoms with van der Waals surface area (Å²) in [7, 11) is 0. The number of carbonyl (C=O) groups excluding carboxylic acids is 1. The Hall–Kier alpha value is -2.36. The zero-order valence-electron chi connectivity index (χ0n) is 15.6. The minimum absolute atomic E-state index is 0.0201. The number of ketones is 1. The van der Waals surface area contributed by atoms with Gasteiger partial charge in [0.25, 0.3) is 0 Å². The van der Waals surface area contributed by atoms with E-state index in [1.165, 1.54) is 25.7 Å². The maximum absolute atomic E-state index is 12.6. The van der Waals surface area contributed by atoms with Gasteiger partial charge in [0.1, 0.15) is 0 Å². The number of rotatable bonds is 12. The number of carboxylic acids is 1. The first kappa shape index (κ1) is 20.0. The minimum Gasteiger partial charge on any atom is -0.481 e. The number of carboxylic acid groups (broad SMARTS) is 1. The summed E-state index contributed by atoms with van der Waals surface area (Å²) in [5.74, 6) is -0.772. The SMILES string of the molecule is CCCCCCC/C=C/C(=O)c1cn(CCCC(=O)O)c2ccccc12. The molecule has 0 amide bonds. The van der Waals surface area contributed by atoms with Crippen LogP contribution in [-0.2, 0) is 11.3 Å².